The third-order valence-electron chi connectivity index (χ3n) is 2.53. The predicted octanol–water partition coefficient (Wildman–Crippen LogP) is 2.48. The number of nitrogens with one attached hydrogen (secondary N) is 1. The van der Waals surface area contributed by atoms with Gasteiger partial charge in [-0.1, -0.05) is 18.2 Å². The van der Waals surface area contributed by atoms with Crippen LogP contribution in [0.1, 0.15) is 5.56 Å². The smallest absolute Gasteiger partial charge is 0.213 e. The molecule has 2 rings (SSSR count). The zero-order valence-electron chi connectivity index (χ0n) is 10.1. The maximum absolute atomic E-state index is 5.10. The number of nitrogens with zero attached hydrogens (tertiary/aromatic N) is 1. The average molecular weight is 228 g/mol. The van der Waals surface area contributed by atoms with E-state index >= 15 is 0 Å². The standard InChI is InChI=1S/C14H16N2O/c1-15-9-3-4-11-5-7-13-12(10-11)6-8-14(16-13)17-2/h3-8,10,15H,9H2,1-2H3. The first kappa shape index (κ1) is 11.6. The molecule has 2 aromatic rings. The van der Waals surface area contributed by atoms with Crippen LogP contribution >= 0.6 is 0 Å². The Morgan fingerprint density at radius 2 is 2.18 bits per heavy atom. The van der Waals surface area contributed by atoms with Crippen molar-refractivity contribution in [2.24, 2.45) is 0 Å². The number of methoxy groups -OCH3 is 1. The molecule has 0 aliphatic rings. The number of fused-ring (bicyclic) bond motifs is 1. The van der Waals surface area contributed by atoms with Crippen molar-refractivity contribution in [3.8, 4) is 5.88 Å². The minimum atomic E-state index is 0.649. The van der Waals surface area contributed by atoms with E-state index < -0.39 is 0 Å². The highest BCUT2D eigenvalue weighted by atomic mass is 16.5. The molecule has 88 valence electrons. The molecule has 0 aliphatic carbocycles. The molecule has 3 heteroatoms. The van der Waals surface area contributed by atoms with Gasteiger partial charge in [-0.15, -0.1) is 0 Å². The zero-order valence-corrected chi connectivity index (χ0v) is 10.1. The summed E-state index contributed by atoms with van der Waals surface area (Å²) in [6, 6.07) is 10.1. The quantitative estimate of drug-likeness (QED) is 0.873. The van der Waals surface area contributed by atoms with Crippen molar-refractivity contribution < 1.29 is 4.74 Å². The van der Waals surface area contributed by atoms with E-state index in [0.717, 1.165) is 17.4 Å². The summed E-state index contributed by atoms with van der Waals surface area (Å²) in [6.45, 7) is 0.874. The van der Waals surface area contributed by atoms with Gasteiger partial charge in [0, 0.05) is 18.0 Å². The van der Waals surface area contributed by atoms with Gasteiger partial charge in [-0.2, -0.15) is 0 Å². The minimum absolute atomic E-state index is 0.649. The van der Waals surface area contributed by atoms with Crippen molar-refractivity contribution in [2.75, 3.05) is 20.7 Å². The number of benzene rings is 1. The van der Waals surface area contributed by atoms with E-state index in [1.54, 1.807) is 7.11 Å². The Bertz CT molecular complexity index is 535. The first-order valence-corrected chi connectivity index (χ1v) is 5.59. The SMILES string of the molecule is CNCC=Cc1ccc2nc(OC)ccc2c1. The summed E-state index contributed by atoms with van der Waals surface area (Å²) in [7, 11) is 3.56. The van der Waals surface area contributed by atoms with Crippen LogP contribution in [0, 0.1) is 0 Å². The molecule has 0 spiro atoms. The summed E-state index contributed by atoms with van der Waals surface area (Å²) in [5, 5.41) is 4.20. The van der Waals surface area contributed by atoms with Crippen molar-refractivity contribution in [3.63, 3.8) is 0 Å². The van der Waals surface area contributed by atoms with Crippen molar-refractivity contribution in [3.05, 3.63) is 42.0 Å². The van der Waals surface area contributed by atoms with Crippen LogP contribution in [0.15, 0.2) is 36.4 Å². The third-order valence-corrected chi connectivity index (χ3v) is 2.53. The van der Waals surface area contributed by atoms with Crippen LogP contribution in [0.25, 0.3) is 17.0 Å². The Labute approximate surface area is 101 Å². The number of aromatic nitrogens is 1. The maximum atomic E-state index is 5.10. The molecule has 1 aromatic heterocycles. The molecule has 0 saturated heterocycles. The van der Waals surface area contributed by atoms with Gasteiger partial charge in [0.2, 0.25) is 5.88 Å². The normalized spacial score (nSPS) is 11.2. The van der Waals surface area contributed by atoms with Gasteiger partial charge >= 0.3 is 0 Å². The van der Waals surface area contributed by atoms with Gasteiger partial charge < -0.3 is 10.1 Å². The van der Waals surface area contributed by atoms with E-state index in [-0.39, 0.29) is 0 Å². The lowest BCUT2D eigenvalue weighted by Crippen LogP contribution is -2.03. The highest BCUT2D eigenvalue weighted by molar-refractivity contribution is 5.81. The monoisotopic (exact) mass is 228 g/mol. The van der Waals surface area contributed by atoms with E-state index in [2.05, 4.69) is 34.6 Å². The van der Waals surface area contributed by atoms with Gasteiger partial charge in [-0.25, -0.2) is 4.98 Å². The first-order valence-electron chi connectivity index (χ1n) is 5.59. The lowest BCUT2D eigenvalue weighted by Gasteiger charge is -2.02. The Morgan fingerprint density at radius 1 is 1.29 bits per heavy atom. The topological polar surface area (TPSA) is 34.2 Å². The number of pyridine rings is 1. The van der Waals surface area contributed by atoms with E-state index in [1.165, 1.54) is 5.56 Å². The molecular formula is C14H16N2O. The van der Waals surface area contributed by atoms with Crippen molar-refractivity contribution in [1.82, 2.24) is 10.3 Å². The van der Waals surface area contributed by atoms with E-state index in [9.17, 15) is 0 Å². The Kier molecular flexibility index (Phi) is 3.73. The maximum Gasteiger partial charge on any atom is 0.213 e. The van der Waals surface area contributed by atoms with Crippen molar-refractivity contribution in [1.29, 1.82) is 0 Å². The lowest BCUT2D eigenvalue weighted by atomic mass is 10.1. The fourth-order valence-corrected chi connectivity index (χ4v) is 1.66. The van der Waals surface area contributed by atoms with Crippen LogP contribution in [0.4, 0.5) is 0 Å². The van der Waals surface area contributed by atoms with Crippen LogP contribution in [-0.2, 0) is 0 Å². The number of rotatable bonds is 4. The van der Waals surface area contributed by atoms with Crippen LogP contribution in [-0.4, -0.2) is 25.7 Å². The average Bonchev–Trinajstić information content (AvgIpc) is 2.38. The van der Waals surface area contributed by atoms with E-state index in [4.69, 9.17) is 4.74 Å². The third kappa shape index (κ3) is 2.82. The van der Waals surface area contributed by atoms with Crippen LogP contribution in [0.5, 0.6) is 5.88 Å². The summed E-state index contributed by atoms with van der Waals surface area (Å²) in [5.74, 6) is 0.649. The van der Waals surface area contributed by atoms with E-state index in [1.807, 2.05) is 25.2 Å². The van der Waals surface area contributed by atoms with Gasteiger partial charge in [0.25, 0.3) is 0 Å². The molecule has 3 nitrogen and oxygen atoms in total. The van der Waals surface area contributed by atoms with Crippen LogP contribution < -0.4 is 10.1 Å². The van der Waals surface area contributed by atoms with E-state index in [0.29, 0.717) is 5.88 Å². The largest absolute Gasteiger partial charge is 0.481 e. The molecule has 0 bridgehead atoms. The zero-order chi connectivity index (χ0) is 12.1. The summed E-state index contributed by atoms with van der Waals surface area (Å²) < 4.78 is 5.10. The lowest BCUT2D eigenvalue weighted by molar-refractivity contribution is 0.399. The molecule has 0 unspecified atom stereocenters. The molecule has 1 heterocycles. The highest BCUT2D eigenvalue weighted by Crippen LogP contribution is 2.18. The minimum Gasteiger partial charge on any atom is -0.481 e. The Hall–Kier alpha value is -1.87. The van der Waals surface area contributed by atoms with Gasteiger partial charge in [0.15, 0.2) is 0 Å². The molecule has 17 heavy (non-hydrogen) atoms. The van der Waals surface area contributed by atoms with Crippen LogP contribution in [0.3, 0.4) is 0 Å². The second-order valence-corrected chi connectivity index (χ2v) is 3.77. The predicted molar refractivity (Wildman–Crippen MR) is 71.3 cm³/mol. The fourth-order valence-electron chi connectivity index (χ4n) is 1.66. The number of ether oxygens (including phenoxy) is 1. The molecule has 0 aliphatic heterocycles. The molecule has 0 atom stereocenters. The number of likely N-dealkylation sites (N-methyl/N-ethyl adjacent to an activating group) is 1. The summed E-state index contributed by atoms with van der Waals surface area (Å²) >= 11 is 0. The van der Waals surface area contributed by atoms with Crippen LogP contribution in [0.2, 0.25) is 0 Å². The molecule has 0 amide bonds. The Morgan fingerprint density at radius 3 is 2.94 bits per heavy atom. The Balaban J connectivity index is 2.31. The first-order chi connectivity index (χ1) is 8.33. The van der Waals surface area contributed by atoms with Crippen molar-refractivity contribution in [2.45, 2.75) is 0 Å². The second kappa shape index (κ2) is 5.46. The second-order valence-electron chi connectivity index (χ2n) is 3.77. The summed E-state index contributed by atoms with van der Waals surface area (Å²) in [5.41, 5.74) is 2.13. The fraction of sp³-hybridized carbons (Fsp3) is 0.214. The molecule has 0 radical (unpaired) electrons. The molecule has 0 fully saturated rings. The van der Waals surface area contributed by atoms with Gasteiger partial charge in [-0.3, -0.25) is 0 Å². The molecule has 1 N–H and O–H groups in total. The number of hydrogen-bond acceptors (Lipinski definition) is 3. The molecule has 0 saturated carbocycles. The number of hydrogen-bond donors (Lipinski definition) is 1. The van der Waals surface area contributed by atoms with Gasteiger partial charge in [0.05, 0.1) is 12.6 Å². The molecular weight excluding hydrogens is 212 g/mol. The van der Waals surface area contributed by atoms with Gasteiger partial charge in [0.1, 0.15) is 0 Å². The van der Waals surface area contributed by atoms with Crippen molar-refractivity contribution >= 4 is 17.0 Å². The summed E-state index contributed by atoms with van der Waals surface area (Å²) in [4.78, 5) is 4.37. The highest BCUT2D eigenvalue weighted by Gasteiger charge is 1.98. The summed E-state index contributed by atoms with van der Waals surface area (Å²) in [6.07, 6.45) is 4.19. The molecule has 1 aromatic carbocycles. The van der Waals surface area contributed by atoms with Gasteiger partial charge in [-0.05, 0) is 30.8 Å².